The predicted octanol–water partition coefficient (Wildman–Crippen LogP) is 3.32. The lowest BCUT2D eigenvalue weighted by Gasteiger charge is -2.15. The number of hydrogen-bond acceptors (Lipinski definition) is 5. The van der Waals surface area contributed by atoms with Crippen molar-refractivity contribution in [3.05, 3.63) is 56.7 Å². The number of rotatable bonds is 3. The molecule has 2 aromatic rings. The molecule has 108 valence electrons. The number of nitrogens with two attached hydrogens (primary N) is 1. The largest absolute Gasteiger partial charge is 0.399 e. The maximum absolute atomic E-state index is 11.1. The van der Waals surface area contributed by atoms with Crippen LogP contribution in [0, 0.1) is 10.1 Å². The molecule has 0 bridgehead atoms. The van der Waals surface area contributed by atoms with Gasteiger partial charge in [-0.05, 0) is 36.1 Å². The van der Waals surface area contributed by atoms with Gasteiger partial charge in [0, 0.05) is 18.0 Å². The minimum atomic E-state index is -0.486. The van der Waals surface area contributed by atoms with Gasteiger partial charge in [0.15, 0.2) is 0 Å². The van der Waals surface area contributed by atoms with E-state index in [0.29, 0.717) is 0 Å². The number of benzene rings is 1. The van der Waals surface area contributed by atoms with Crippen molar-refractivity contribution >= 4 is 28.8 Å². The van der Waals surface area contributed by atoms with Gasteiger partial charge in [0.2, 0.25) is 5.82 Å². The van der Waals surface area contributed by atoms with E-state index in [0.717, 1.165) is 24.1 Å². The molecule has 0 fully saturated rings. The molecule has 1 atom stereocenters. The van der Waals surface area contributed by atoms with Crippen molar-refractivity contribution in [2.45, 2.75) is 18.9 Å². The van der Waals surface area contributed by atoms with Gasteiger partial charge in [-0.3, -0.25) is 10.1 Å². The summed E-state index contributed by atoms with van der Waals surface area (Å²) in [6.07, 6.45) is 3.13. The number of hydrogen-bond donors (Lipinski definition) is 2. The molecule has 1 aliphatic carbocycles. The number of anilines is 2. The van der Waals surface area contributed by atoms with E-state index in [1.807, 2.05) is 18.2 Å². The highest BCUT2D eigenvalue weighted by Crippen LogP contribution is 2.36. The molecule has 0 radical (unpaired) electrons. The summed E-state index contributed by atoms with van der Waals surface area (Å²) in [5.74, 6) is 0.235. The fraction of sp³-hybridized carbons (Fsp3) is 0.214. The first kappa shape index (κ1) is 13.6. The van der Waals surface area contributed by atoms with Crippen molar-refractivity contribution in [2.24, 2.45) is 0 Å². The van der Waals surface area contributed by atoms with E-state index in [1.165, 1.54) is 17.8 Å². The van der Waals surface area contributed by atoms with Crippen molar-refractivity contribution < 1.29 is 4.92 Å². The average molecular weight is 305 g/mol. The highest BCUT2D eigenvalue weighted by molar-refractivity contribution is 6.30. The van der Waals surface area contributed by atoms with Gasteiger partial charge in [0.05, 0.1) is 16.0 Å². The Labute approximate surface area is 126 Å². The summed E-state index contributed by atoms with van der Waals surface area (Å²) in [7, 11) is 0. The maximum Gasteiger partial charge on any atom is 0.312 e. The van der Waals surface area contributed by atoms with Crippen LogP contribution < -0.4 is 11.1 Å². The number of nitro groups is 1. The van der Waals surface area contributed by atoms with Gasteiger partial charge in [-0.15, -0.1) is 0 Å². The lowest BCUT2D eigenvalue weighted by molar-refractivity contribution is -0.384. The molecule has 21 heavy (non-hydrogen) atoms. The van der Waals surface area contributed by atoms with E-state index < -0.39 is 4.92 Å². The SMILES string of the molecule is Nc1ccc2c(c1)CCC2Nc1ncc(Cl)cc1[N+](=O)[O-]. The van der Waals surface area contributed by atoms with Crippen molar-refractivity contribution in [1.29, 1.82) is 0 Å². The monoisotopic (exact) mass is 304 g/mol. The second-order valence-electron chi connectivity index (χ2n) is 4.97. The van der Waals surface area contributed by atoms with Crippen LogP contribution in [0.1, 0.15) is 23.6 Å². The van der Waals surface area contributed by atoms with Crippen LogP contribution in [-0.4, -0.2) is 9.91 Å². The first-order valence-corrected chi connectivity index (χ1v) is 6.87. The highest BCUT2D eigenvalue weighted by atomic mass is 35.5. The number of nitrogen functional groups attached to an aromatic ring is 1. The van der Waals surface area contributed by atoms with Crippen LogP contribution >= 0.6 is 11.6 Å². The summed E-state index contributed by atoms with van der Waals surface area (Å²) in [4.78, 5) is 14.6. The summed E-state index contributed by atoms with van der Waals surface area (Å²) in [6.45, 7) is 0. The first-order valence-electron chi connectivity index (χ1n) is 6.49. The van der Waals surface area contributed by atoms with E-state index >= 15 is 0 Å². The third-order valence-corrected chi connectivity index (χ3v) is 3.79. The van der Waals surface area contributed by atoms with Gasteiger partial charge in [-0.1, -0.05) is 17.7 Å². The van der Waals surface area contributed by atoms with Gasteiger partial charge in [0.25, 0.3) is 0 Å². The van der Waals surface area contributed by atoms with E-state index in [1.54, 1.807) is 0 Å². The van der Waals surface area contributed by atoms with Crippen molar-refractivity contribution in [2.75, 3.05) is 11.1 Å². The molecule has 1 aromatic carbocycles. The van der Waals surface area contributed by atoms with Gasteiger partial charge < -0.3 is 11.1 Å². The Morgan fingerprint density at radius 3 is 3.00 bits per heavy atom. The Morgan fingerprint density at radius 1 is 1.43 bits per heavy atom. The number of nitrogens with zero attached hydrogens (tertiary/aromatic N) is 2. The predicted molar refractivity (Wildman–Crippen MR) is 81.4 cm³/mol. The quantitative estimate of drug-likeness (QED) is 0.515. The lowest BCUT2D eigenvalue weighted by atomic mass is 10.1. The number of nitrogens with one attached hydrogen (secondary N) is 1. The maximum atomic E-state index is 11.1. The van der Waals surface area contributed by atoms with Crippen molar-refractivity contribution in [3.63, 3.8) is 0 Å². The molecule has 0 aliphatic heterocycles. The molecule has 0 saturated carbocycles. The second kappa shape index (κ2) is 5.21. The van der Waals surface area contributed by atoms with Crippen molar-refractivity contribution in [3.8, 4) is 0 Å². The molecule has 0 saturated heterocycles. The molecule has 1 unspecified atom stereocenters. The smallest absolute Gasteiger partial charge is 0.312 e. The Morgan fingerprint density at radius 2 is 2.24 bits per heavy atom. The number of halogens is 1. The molecule has 1 aromatic heterocycles. The molecule has 6 nitrogen and oxygen atoms in total. The number of pyridine rings is 1. The highest BCUT2D eigenvalue weighted by Gasteiger charge is 2.25. The van der Waals surface area contributed by atoms with E-state index in [9.17, 15) is 10.1 Å². The number of aromatic nitrogens is 1. The zero-order valence-corrected chi connectivity index (χ0v) is 11.8. The van der Waals surface area contributed by atoms with Crippen LogP contribution in [0.3, 0.4) is 0 Å². The molecular weight excluding hydrogens is 292 g/mol. The Balaban J connectivity index is 1.91. The zero-order valence-electron chi connectivity index (χ0n) is 11.0. The summed E-state index contributed by atoms with van der Waals surface area (Å²) >= 11 is 5.77. The molecular formula is C14H13ClN4O2. The fourth-order valence-corrected chi connectivity index (χ4v) is 2.78. The first-order chi connectivity index (χ1) is 10.0. The topological polar surface area (TPSA) is 94.1 Å². The Hall–Kier alpha value is -2.34. The molecule has 0 amide bonds. The van der Waals surface area contributed by atoms with Gasteiger partial charge in [0.1, 0.15) is 0 Å². The molecule has 0 spiro atoms. The van der Waals surface area contributed by atoms with E-state index in [4.69, 9.17) is 17.3 Å². The molecule has 3 N–H and O–H groups in total. The summed E-state index contributed by atoms with van der Waals surface area (Å²) in [5, 5.41) is 14.5. The molecule has 3 rings (SSSR count). The third-order valence-electron chi connectivity index (χ3n) is 3.59. The third kappa shape index (κ3) is 2.62. The normalized spacial score (nSPS) is 16.5. The lowest BCUT2D eigenvalue weighted by Crippen LogP contribution is -2.10. The average Bonchev–Trinajstić information content (AvgIpc) is 2.82. The standard InChI is InChI=1S/C14H13ClN4O2/c15-9-6-13(19(20)21)14(17-7-9)18-12-4-1-8-5-10(16)2-3-11(8)12/h2-3,5-7,12H,1,4,16H2,(H,17,18). The van der Waals surface area contributed by atoms with Crippen LogP contribution in [-0.2, 0) is 6.42 Å². The summed E-state index contributed by atoms with van der Waals surface area (Å²) < 4.78 is 0. The summed E-state index contributed by atoms with van der Waals surface area (Å²) in [5.41, 5.74) is 8.66. The molecule has 7 heteroatoms. The van der Waals surface area contributed by atoms with Crippen LogP contribution in [0.4, 0.5) is 17.2 Å². The van der Waals surface area contributed by atoms with Gasteiger partial charge >= 0.3 is 5.69 Å². The van der Waals surface area contributed by atoms with Crippen LogP contribution in [0.25, 0.3) is 0 Å². The minimum Gasteiger partial charge on any atom is -0.399 e. The molecule has 1 heterocycles. The Kier molecular flexibility index (Phi) is 3.39. The van der Waals surface area contributed by atoms with Crippen molar-refractivity contribution in [1.82, 2.24) is 4.98 Å². The molecule has 1 aliphatic rings. The van der Waals surface area contributed by atoms with E-state index in [-0.39, 0.29) is 22.6 Å². The number of fused-ring (bicyclic) bond motifs is 1. The second-order valence-corrected chi connectivity index (χ2v) is 5.41. The van der Waals surface area contributed by atoms with Gasteiger partial charge in [-0.2, -0.15) is 0 Å². The van der Waals surface area contributed by atoms with Crippen LogP contribution in [0.15, 0.2) is 30.5 Å². The van der Waals surface area contributed by atoms with Crippen LogP contribution in [0.5, 0.6) is 0 Å². The fourth-order valence-electron chi connectivity index (χ4n) is 2.63. The number of aryl methyl sites for hydroxylation is 1. The minimum absolute atomic E-state index is 0.00650. The zero-order chi connectivity index (χ0) is 15.0. The van der Waals surface area contributed by atoms with Gasteiger partial charge in [-0.25, -0.2) is 4.98 Å². The Bertz CT molecular complexity index is 720. The van der Waals surface area contributed by atoms with Crippen LogP contribution in [0.2, 0.25) is 5.02 Å². The van der Waals surface area contributed by atoms with E-state index in [2.05, 4.69) is 10.3 Å². The summed E-state index contributed by atoms with van der Waals surface area (Å²) in [6, 6.07) is 7.03.